The Labute approximate surface area is 152 Å². The van der Waals surface area contributed by atoms with Crippen LogP contribution in [-0.2, 0) is 0 Å². The number of nitrogens with zero attached hydrogens (tertiary/aromatic N) is 2. The monoisotopic (exact) mass is 350 g/mol. The molecule has 0 aromatic heterocycles. The average Bonchev–Trinajstić information content (AvgIpc) is 2.59. The minimum Gasteiger partial charge on any atom is -0.493 e. The standard InChI is InChI=1S/C19H34N4O2/c1-7-23(8-2)16(11-14(3)4)13-21-19(20)22-15-9-10-17(24-5)18(12-15)25-6/h9-10,12,14,16H,7-8,11,13H2,1-6H3,(H3,20,21,22). The van der Waals surface area contributed by atoms with E-state index in [1.807, 2.05) is 18.2 Å². The Morgan fingerprint density at radius 3 is 2.32 bits per heavy atom. The van der Waals surface area contributed by atoms with E-state index in [0.717, 1.165) is 25.2 Å². The molecule has 0 aliphatic rings. The minimum atomic E-state index is 0.403. The molecule has 1 unspecified atom stereocenters. The van der Waals surface area contributed by atoms with Crippen LogP contribution < -0.4 is 20.5 Å². The zero-order chi connectivity index (χ0) is 18.8. The summed E-state index contributed by atoms with van der Waals surface area (Å²) in [5.74, 6) is 2.37. The van der Waals surface area contributed by atoms with Gasteiger partial charge in [-0.3, -0.25) is 9.89 Å². The third kappa shape index (κ3) is 6.82. The highest BCUT2D eigenvalue weighted by molar-refractivity contribution is 5.92. The van der Waals surface area contributed by atoms with Crippen molar-refractivity contribution in [2.75, 3.05) is 39.2 Å². The Bertz CT molecular complexity index is 542. The van der Waals surface area contributed by atoms with Crippen LogP contribution >= 0.6 is 0 Å². The molecule has 3 N–H and O–H groups in total. The highest BCUT2D eigenvalue weighted by Crippen LogP contribution is 2.29. The fourth-order valence-corrected chi connectivity index (χ4v) is 2.93. The fourth-order valence-electron chi connectivity index (χ4n) is 2.93. The van der Waals surface area contributed by atoms with Crippen molar-refractivity contribution < 1.29 is 9.47 Å². The van der Waals surface area contributed by atoms with E-state index in [0.29, 0.717) is 36.0 Å². The number of anilines is 1. The molecular formula is C19H34N4O2. The molecule has 0 heterocycles. The smallest absolute Gasteiger partial charge is 0.193 e. The summed E-state index contributed by atoms with van der Waals surface area (Å²) in [5.41, 5.74) is 6.90. The van der Waals surface area contributed by atoms with Crippen LogP contribution in [0.4, 0.5) is 5.69 Å². The van der Waals surface area contributed by atoms with Crippen molar-refractivity contribution in [2.45, 2.75) is 40.2 Å². The molecule has 25 heavy (non-hydrogen) atoms. The van der Waals surface area contributed by atoms with Gasteiger partial charge in [-0.15, -0.1) is 0 Å². The predicted molar refractivity (Wildman–Crippen MR) is 106 cm³/mol. The number of guanidine groups is 1. The maximum Gasteiger partial charge on any atom is 0.193 e. The van der Waals surface area contributed by atoms with Crippen LogP contribution in [0.25, 0.3) is 0 Å². The molecule has 0 radical (unpaired) electrons. The number of nitrogens with two attached hydrogens (primary N) is 1. The molecule has 0 saturated carbocycles. The number of rotatable bonds is 10. The van der Waals surface area contributed by atoms with Crippen molar-refractivity contribution in [3.05, 3.63) is 18.2 Å². The molecular weight excluding hydrogens is 316 g/mol. The van der Waals surface area contributed by atoms with Gasteiger partial charge in [0.25, 0.3) is 0 Å². The molecule has 0 aliphatic heterocycles. The number of hydrogen-bond acceptors (Lipinski definition) is 4. The van der Waals surface area contributed by atoms with Crippen molar-refractivity contribution in [3.8, 4) is 11.5 Å². The van der Waals surface area contributed by atoms with E-state index in [4.69, 9.17) is 15.2 Å². The number of ether oxygens (including phenoxy) is 2. The molecule has 1 aromatic carbocycles. The third-order valence-electron chi connectivity index (χ3n) is 4.20. The van der Waals surface area contributed by atoms with Crippen LogP contribution in [0.3, 0.4) is 0 Å². The molecule has 0 bridgehead atoms. The van der Waals surface area contributed by atoms with E-state index in [2.05, 4.69) is 42.9 Å². The van der Waals surface area contributed by atoms with Crippen LogP contribution in [0, 0.1) is 5.92 Å². The Balaban J connectivity index is 2.78. The SMILES string of the molecule is CCN(CC)C(CN=C(N)Nc1ccc(OC)c(OC)c1)CC(C)C. The number of methoxy groups -OCH3 is 2. The Kier molecular flexibility index (Phi) is 9.13. The van der Waals surface area contributed by atoms with Gasteiger partial charge < -0.3 is 20.5 Å². The van der Waals surface area contributed by atoms with E-state index < -0.39 is 0 Å². The second-order valence-electron chi connectivity index (χ2n) is 6.43. The van der Waals surface area contributed by atoms with E-state index in [1.165, 1.54) is 0 Å². The van der Waals surface area contributed by atoms with Gasteiger partial charge in [-0.1, -0.05) is 27.7 Å². The fraction of sp³-hybridized carbons (Fsp3) is 0.632. The maximum absolute atomic E-state index is 6.08. The second kappa shape index (κ2) is 10.8. The van der Waals surface area contributed by atoms with Gasteiger partial charge in [0, 0.05) is 17.8 Å². The quantitative estimate of drug-likeness (QED) is 0.501. The van der Waals surface area contributed by atoms with Gasteiger partial charge in [0.2, 0.25) is 0 Å². The Morgan fingerprint density at radius 2 is 1.80 bits per heavy atom. The molecule has 6 heteroatoms. The Hall–Kier alpha value is -1.95. The summed E-state index contributed by atoms with van der Waals surface area (Å²) in [6, 6.07) is 5.98. The maximum atomic E-state index is 6.08. The van der Waals surface area contributed by atoms with Crippen molar-refractivity contribution in [1.29, 1.82) is 0 Å². The van der Waals surface area contributed by atoms with Crippen molar-refractivity contribution >= 4 is 11.6 Å². The van der Waals surface area contributed by atoms with Crippen LogP contribution in [0.2, 0.25) is 0 Å². The summed E-state index contributed by atoms with van der Waals surface area (Å²) in [6.07, 6.45) is 1.11. The van der Waals surface area contributed by atoms with Gasteiger partial charge in [0.05, 0.1) is 20.8 Å². The van der Waals surface area contributed by atoms with Crippen molar-refractivity contribution in [3.63, 3.8) is 0 Å². The van der Waals surface area contributed by atoms with E-state index >= 15 is 0 Å². The normalized spacial score (nSPS) is 13.2. The Morgan fingerprint density at radius 1 is 1.16 bits per heavy atom. The zero-order valence-corrected chi connectivity index (χ0v) is 16.5. The molecule has 1 aromatic rings. The first-order valence-electron chi connectivity index (χ1n) is 8.98. The summed E-state index contributed by atoms with van der Waals surface area (Å²) in [5, 5.41) is 3.13. The van der Waals surface area contributed by atoms with Crippen LogP contribution in [0.1, 0.15) is 34.1 Å². The molecule has 0 saturated heterocycles. The molecule has 1 atom stereocenters. The molecule has 0 amide bonds. The largest absolute Gasteiger partial charge is 0.493 e. The lowest BCUT2D eigenvalue weighted by molar-refractivity contribution is 0.196. The highest BCUT2D eigenvalue weighted by atomic mass is 16.5. The number of hydrogen-bond donors (Lipinski definition) is 2. The van der Waals surface area contributed by atoms with Gasteiger partial charge in [-0.25, -0.2) is 0 Å². The van der Waals surface area contributed by atoms with Crippen molar-refractivity contribution in [2.24, 2.45) is 16.6 Å². The van der Waals surface area contributed by atoms with Gasteiger partial charge in [0.1, 0.15) is 0 Å². The predicted octanol–water partition coefficient (Wildman–Crippen LogP) is 3.19. The van der Waals surface area contributed by atoms with Crippen LogP contribution in [-0.4, -0.2) is 50.8 Å². The van der Waals surface area contributed by atoms with Gasteiger partial charge in [0.15, 0.2) is 17.5 Å². The summed E-state index contributed by atoms with van der Waals surface area (Å²) in [6.45, 7) is 11.6. The molecule has 0 aliphatic carbocycles. The summed E-state index contributed by atoms with van der Waals surface area (Å²) >= 11 is 0. The number of benzene rings is 1. The number of likely N-dealkylation sites (N-methyl/N-ethyl adjacent to an activating group) is 1. The lowest BCUT2D eigenvalue weighted by Gasteiger charge is -2.29. The molecule has 6 nitrogen and oxygen atoms in total. The van der Waals surface area contributed by atoms with Crippen LogP contribution in [0.5, 0.6) is 11.5 Å². The number of nitrogens with one attached hydrogen (secondary N) is 1. The van der Waals surface area contributed by atoms with Gasteiger partial charge in [-0.2, -0.15) is 0 Å². The van der Waals surface area contributed by atoms with Crippen LogP contribution in [0.15, 0.2) is 23.2 Å². The molecule has 1 rings (SSSR count). The first-order valence-corrected chi connectivity index (χ1v) is 8.98. The highest BCUT2D eigenvalue weighted by Gasteiger charge is 2.17. The topological polar surface area (TPSA) is 72.1 Å². The summed E-state index contributed by atoms with van der Waals surface area (Å²) < 4.78 is 10.6. The number of aliphatic imine (C=N–C) groups is 1. The van der Waals surface area contributed by atoms with E-state index in [9.17, 15) is 0 Å². The van der Waals surface area contributed by atoms with Gasteiger partial charge >= 0.3 is 0 Å². The zero-order valence-electron chi connectivity index (χ0n) is 16.5. The first-order chi connectivity index (χ1) is 11.9. The van der Waals surface area contributed by atoms with E-state index in [1.54, 1.807) is 14.2 Å². The van der Waals surface area contributed by atoms with Crippen molar-refractivity contribution in [1.82, 2.24) is 4.90 Å². The lowest BCUT2D eigenvalue weighted by Crippen LogP contribution is -2.39. The molecule has 0 spiro atoms. The third-order valence-corrected chi connectivity index (χ3v) is 4.20. The lowest BCUT2D eigenvalue weighted by atomic mass is 10.0. The first kappa shape index (κ1) is 21.1. The van der Waals surface area contributed by atoms with Gasteiger partial charge in [-0.05, 0) is 37.6 Å². The summed E-state index contributed by atoms with van der Waals surface area (Å²) in [4.78, 5) is 6.99. The van der Waals surface area contributed by atoms with E-state index in [-0.39, 0.29) is 0 Å². The average molecular weight is 351 g/mol. The minimum absolute atomic E-state index is 0.403. The summed E-state index contributed by atoms with van der Waals surface area (Å²) in [7, 11) is 3.22. The molecule has 0 fully saturated rings. The second-order valence-corrected chi connectivity index (χ2v) is 6.43. The molecule has 142 valence electrons.